The van der Waals surface area contributed by atoms with Gasteiger partial charge < -0.3 is 4.42 Å². The van der Waals surface area contributed by atoms with Crippen LogP contribution < -0.4 is 0 Å². The molecule has 1 heteroatoms. The predicted molar refractivity (Wildman–Crippen MR) is 60.6 cm³/mol. The summed E-state index contributed by atoms with van der Waals surface area (Å²) in [5.74, 6) is 2.02. The molecule has 0 saturated carbocycles. The Kier molecular flexibility index (Phi) is 4.24. The van der Waals surface area contributed by atoms with Crippen LogP contribution in [0.15, 0.2) is 10.7 Å². The van der Waals surface area contributed by atoms with Crippen LogP contribution in [0.4, 0.5) is 0 Å². The number of aryl methyl sites for hydroxylation is 2. The highest BCUT2D eigenvalue weighted by atomic mass is 16.3. The summed E-state index contributed by atoms with van der Waals surface area (Å²) in [5, 5.41) is 0. The maximum atomic E-state index is 5.58. The molecule has 0 aromatic carbocycles. The average molecular weight is 194 g/mol. The van der Waals surface area contributed by atoms with Crippen LogP contribution in [0.3, 0.4) is 0 Å². The van der Waals surface area contributed by atoms with E-state index in [1.165, 1.54) is 29.7 Å². The third kappa shape index (κ3) is 2.63. The molecule has 1 aromatic heterocycles. The van der Waals surface area contributed by atoms with Crippen molar-refractivity contribution in [1.29, 1.82) is 0 Å². The Bertz CT molecular complexity index is 273. The first-order chi connectivity index (χ1) is 6.69. The Balaban J connectivity index is 2.58. The van der Waals surface area contributed by atoms with E-state index in [1.54, 1.807) is 0 Å². The number of furan rings is 1. The molecular formula is C13H22O. The van der Waals surface area contributed by atoms with Gasteiger partial charge in [-0.05, 0) is 36.8 Å². The third-order valence-electron chi connectivity index (χ3n) is 3.11. The molecule has 0 amide bonds. The lowest BCUT2D eigenvalue weighted by atomic mass is 9.99. The first-order valence-electron chi connectivity index (χ1n) is 5.74. The molecule has 0 aliphatic rings. The molecule has 1 unspecified atom stereocenters. The first kappa shape index (κ1) is 11.4. The maximum Gasteiger partial charge on any atom is 0.107 e. The smallest absolute Gasteiger partial charge is 0.107 e. The topological polar surface area (TPSA) is 13.1 Å². The largest absolute Gasteiger partial charge is 0.469 e. The predicted octanol–water partition coefficient (Wildman–Crippen LogP) is 4.13. The van der Waals surface area contributed by atoms with Crippen molar-refractivity contribution in [2.75, 3.05) is 0 Å². The fraction of sp³-hybridized carbons (Fsp3) is 0.692. The van der Waals surface area contributed by atoms with Gasteiger partial charge in [0.05, 0.1) is 6.26 Å². The quantitative estimate of drug-likeness (QED) is 0.687. The molecule has 1 nitrogen and oxygen atoms in total. The molecule has 0 spiro atoms. The van der Waals surface area contributed by atoms with E-state index in [4.69, 9.17) is 4.42 Å². The van der Waals surface area contributed by atoms with Crippen molar-refractivity contribution in [3.05, 3.63) is 23.2 Å². The minimum Gasteiger partial charge on any atom is -0.469 e. The summed E-state index contributed by atoms with van der Waals surface area (Å²) in [6.07, 6.45) is 6.60. The SMILES string of the molecule is CCc1c(C)coc1CCC(C)CC. The molecule has 0 fully saturated rings. The van der Waals surface area contributed by atoms with E-state index in [-0.39, 0.29) is 0 Å². The van der Waals surface area contributed by atoms with Gasteiger partial charge in [-0.1, -0.05) is 27.2 Å². The van der Waals surface area contributed by atoms with Gasteiger partial charge in [0.15, 0.2) is 0 Å². The Labute approximate surface area is 87.5 Å². The van der Waals surface area contributed by atoms with Crippen LogP contribution in [0.2, 0.25) is 0 Å². The molecule has 80 valence electrons. The molecular weight excluding hydrogens is 172 g/mol. The van der Waals surface area contributed by atoms with Crippen molar-refractivity contribution in [3.8, 4) is 0 Å². The molecule has 1 aromatic rings. The Hall–Kier alpha value is -0.720. The van der Waals surface area contributed by atoms with Gasteiger partial charge >= 0.3 is 0 Å². The van der Waals surface area contributed by atoms with E-state index < -0.39 is 0 Å². The van der Waals surface area contributed by atoms with Crippen LogP contribution in [0.25, 0.3) is 0 Å². The summed E-state index contributed by atoms with van der Waals surface area (Å²) >= 11 is 0. The monoisotopic (exact) mass is 194 g/mol. The summed E-state index contributed by atoms with van der Waals surface area (Å²) in [6.45, 7) is 8.89. The highest BCUT2D eigenvalue weighted by Gasteiger charge is 2.09. The average Bonchev–Trinajstić information content (AvgIpc) is 2.55. The zero-order valence-electron chi connectivity index (χ0n) is 9.89. The summed E-state index contributed by atoms with van der Waals surface area (Å²) in [6, 6.07) is 0. The fourth-order valence-corrected chi connectivity index (χ4v) is 1.79. The van der Waals surface area contributed by atoms with Crippen LogP contribution in [-0.2, 0) is 12.8 Å². The number of rotatable bonds is 5. The Morgan fingerprint density at radius 2 is 2.07 bits per heavy atom. The van der Waals surface area contributed by atoms with Crippen LogP contribution in [0.5, 0.6) is 0 Å². The molecule has 1 atom stereocenters. The highest BCUT2D eigenvalue weighted by Crippen LogP contribution is 2.20. The van der Waals surface area contributed by atoms with Crippen LogP contribution in [0, 0.1) is 12.8 Å². The lowest BCUT2D eigenvalue weighted by Crippen LogP contribution is -1.97. The van der Waals surface area contributed by atoms with Gasteiger partial charge in [0, 0.05) is 6.42 Å². The fourth-order valence-electron chi connectivity index (χ4n) is 1.79. The number of hydrogen-bond acceptors (Lipinski definition) is 1. The lowest BCUT2D eigenvalue weighted by molar-refractivity contribution is 0.451. The number of hydrogen-bond donors (Lipinski definition) is 0. The van der Waals surface area contributed by atoms with Crippen molar-refractivity contribution in [1.82, 2.24) is 0 Å². The van der Waals surface area contributed by atoms with Gasteiger partial charge in [0.1, 0.15) is 5.76 Å². The summed E-state index contributed by atoms with van der Waals surface area (Å²) in [4.78, 5) is 0. The van der Waals surface area contributed by atoms with E-state index in [0.717, 1.165) is 18.8 Å². The second-order valence-electron chi connectivity index (χ2n) is 4.23. The normalized spacial score (nSPS) is 13.1. The van der Waals surface area contributed by atoms with E-state index in [9.17, 15) is 0 Å². The van der Waals surface area contributed by atoms with Gasteiger partial charge in [-0.15, -0.1) is 0 Å². The summed E-state index contributed by atoms with van der Waals surface area (Å²) in [7, 11) is 0. The van der Waals surface area contributed by atoms with Crippen molar-refractivity contribution < 1.29 is 4.42 Å². The zero-order valence-corrected chi connectivity index (χ0v) is 9.89. The van der Waals surface area contributed by atoms with Gasteiger partial charge in [-0.2, -0.15) is 0 Å². The van der Waals surface area contributed by atoms with Crippen LogP contribution >= 0.6 is 0 Å². The van der Waals surface area contributed by atoms with E-state index in [1.807, 2.05) is 6.26 Å². The maximum absolute atomic E-state index is 5.58. The van der Waals surface area contributed by atoms with Crippen molar-refractivity contribution in [3.63, 3.8) is 0 Å². The van der Waals surface area contributed by atoms with E-state index >= 15 is 0 Å². The van der Waals surface area contributed by atoms with Crippen LogP contribution in [-0.4, -0.2) is 0 Å². The summed E-state index contributed by atoms with van der Waals surface area (Å²) < 4.78 is 5.58. The van der Waals surface area contributed by atoms with Gasteiger partial charge in [0.2, 0.25) is 0 Å². The molecule has 0 aliphatic heterocycles. The standard InChI is InChI=1S/C13H22O/c1-5-10(3)7-8-13-12(6-2)11(4)9-14-13/h9-10H,5-8H2,1-4H3. The minimum absolute atomic E-state index is 0.810. The first-order valence-corrected chi connectivity index (χ1v) is 5.74. The highest BCUT2D eigenvalue weighted by molar-refractivity contribution is 5.26. The molecule has 0 N–H and O–H groups in total. The molecule has 14 heavy (non-hydrogen) atoms. The van der Waals surface area contributed by atoms with Gasteiger partial charge in [-0.25, -0.2) is 0 Å². The van der Waals surface area contributed by atoms with Gasteiger partial charge in [-0.3, -0.25) is 0 Å². The molecule has 1 heterocycles. The molecule has 0 aliphatic carbocycles. The zero-order chi connectivity index (χ0) is 10.6. The van der Waals surface area contributed by atoms with Crippen LogP contribution in [0.1, 0.15) is 50.5 Å². The third-order valence-corrected chi connectivity index (χ3v) is 3.11. The molecule has 0 radical (unpaired) electrons. The van der Waals surface area contributed by atoms with E-state index in [0.29, 0.717) is 0 Å². The van der Waals surface area contributed by atoms with Crippen molar-refractivity contribution in [2.24, 2.45) is 5.92 Å². The Morgan fingerprint density at radius 3 is 2.64 bits per heavy atom. The second kappa shape index (κ2) is 5.23. The molecule has 0 saturated heterocycles. The minimum atomic E-state index is 0.810. The molecule has 1 rings (SSSR count). The van der Waals surface area contributed by atoms with E-state index in [2.05, 4.69) is 27.7 Å². The summed E-state index contributed by atoms with van der Waals surface area (Å²) in [5.41, 5.74) is 2.74. The Morgan fingerprint density at radius 1 is 1.36 bits per heavy atom. The van der Waals surface area contributed by atoms with Crippen molar-refractivity contribution >= 4 is 0 Å². The lowest BCUT2D eigenvalue weighted by Gasteiger charge is -2.07. The second-order valence-corrected chi connectivity index (χ2v) is 4.23. The van der Waals surface area contributed by atoms with Gasteiger partial charge in [0.25, 0.3) is 0 Å². The van der Waals surface area contributed by atoms with Crippen molar-refractivity contribution in [2.45, 2.75) is 53.4 Å². The molecule has 0 bridgehead atoms.